The molecule has 3 aromatic rings. The van der Waals surface area contributed by atoms with Crippen LogP contribution >= 0.6 is 0 Å². The lowest BCUT2D eigenvalue weighted by atomic mass is 10.1. The molecule has 4 heteroatoms. The summed E-state index contributed by atoms with van der Waals surface area (Å²) in [5.74, 6) is 0.677. The molecule has 1 atom stereocenters. The third kappa shape index (κ3) is 4.70. The molecular weight excluding hydrogens is 324 g/mol. The van der Waals surface area contributed by atoms with Gasteiger partial charge in [0.05, 0.1) is 12.6 Å². The Labute approximate surface area is 153 Å². The SMILES string of the molecule is Cc1ccccc1.O=C(N[C@@H]1CCOc2cccnc21)c1ccccc1. The normalized spacial score (nSPS) is 14.9. The van der Waals surface area contributed by atoms with Crippen molar-refractivity contribution in [2.75, 3.05) is 6.61 Å². The van der Waals surface area contributed by atoms with E-state index >= 15 is 0 Å². The highest BCUT2D eigenvalue weighted by atomic mass is 16.5. The summed E-state index contributed by atoms with van der Waals surface area (Å²) in [5, 5.41) is 3.01. The quantitative estimate of drug-likeness (QED) is 0.751. The molecule has 0 saturated heterocycles. The Morgan fingerprint density at radius 3 is 2.35 bits per heavy atom. The average molecular weight is 346 g/mol. The fourth-order valence-corrected chi connectivity index (χ4v) is 2.72. The van der Waals surface area contributed by atoms with Crippen molar-refractivity contribution in [3.63, 3.8) is 0 Å². The number of carbonyl (C=O) groups excluding carboxylic acids is 1. The first-order chi connectivity index (χ1) is 12.7. The van der Waals surface area contributed by atoms with E-state index in [4.69, 9.17) is 4.74 Å². The van der Waals surface area contributed by atoms with Gasteiger partial charge in [-0.3, -0.25) is 9.78 Å². The number of rotatable bonds is 2. The van der Waals surface area contributed by atoms with Crippen LogP contribution in [0.15, 0.2) is 79.0 Å². The van der Waals surface area contributed by atoms with Gasteiger partial charge >= 0.3 is 0 Å². The molecule has 2 heterocycles. The zero-order valence-corrected chi connectivity index (χ0v) is 14.8. The van der Waals surface area contributed by atoms with Crippen molar-refractivity contribution in [2.24, 2.45) is 0 Å². The molecule has 0 aliphatic carbocycles. The standard InChI is InChI=1S/C15H14N2O2.C7H8/c18-15(11-5-2-1-3-6-11)17-12-8-10-19-13-7-4-9-16-14(12)13;1-7-5-3-2-4-6-7/h1-7,9,12H,8,10H2,(H,17,18);2-6H,1H3/t12-;/m1./s1. The molecule has 1 N–H and O–H groups in total. The maximum atomic E-state index is 12.1. The van der Waals surface area contributed by atoms with E-state index in [0.29, 0.717) is 12.2 Å². The molecule has 26 heavy (non-hydrogen) atoms. The van der Waals surface area contributed by atoms with Gasteiger partial charge in [-0.15, -0.1) is 0 Å². The predicted octanol–water partition coefficient (Wildman–Crippen LogP) is 4.33. The number of nitrogens with one attached hydrogen (secondary N) is 1. The number of hydrogen-bond acceptors (Lipinski definition) is 3. The van der Waals surface area contributed by atoms with E-state index in [1.165, 1.54) is 5.56 Å². The number of benzene rings is 2. The summed E-state index contributed by atoms with van der Waals surface area (Å²) in [6.45, 7) is 2.68. The number of aryl methyl sites for hydroxylation is 1. The van der Waals surface area contributed by atoms with Gasteiger partial charge in [0.25, 0.3) is 5.91 Å². The zero-order valence-electron chi connectivity index (χ0n) is 14.8. The lowest BCUT2D eigenvalue weighted by molar-refractivity contribution is 0.0923. The molecule has 1 aliphatic heterocycles. The van der Waals surface area contributed by atoms with Gasteiger partial charge in [0.1, 0.15) is 11.4 Å². The third-order valence-electron chi connectivity index (χ3n) is 4.08. The molecule has 4 rings (SSSR count). The Morgan fingerprint density at radius 1 is 1.00 bits per heavy atom. The lowest BCUT2D eigenvalue weighted by Crippen LogP contribution is -2.32. The van der Waals surface area contributed by atoms with E-state index in [1.807, 2.05) is 48.5 Å². The number of hydrogen-bond donors (Lipinski definition) is 1. The number of carbonyl (C=O) groups is 1. The fraction of sp³-hybridized carbons (Fsp3) is 0.182. The molecule has 0 radical (unpaired) electrons. The van der Waals surface area contributed by atoms with Crippen LogP contribution in [-0.4, -0.2) is 17.5 Å². The fourth-order valence-electron chi connectivity index (χ4n) is 2.72. The van der Waals surface area contributed by atoms with Crippen LogP contribution in [0.3, 0.4) is 0 Å². The van der Waals surface area contributed by atoms with E-state index in [-0.39, 0.29) is 11.9 Å². The average Bonchev–Trinajstić information content (AvgIpc) is 2.70. The summed E-state index contributed by atoms with van der Waals surface area (Å²) < 4.78 is 5.53. The molecule has 1 amide bonds. The summed E-state index contributed by atoms with van der Waals surface area (Å²) >= 11 is 0. The molecule has 4 nitrogen and oxygen atoms in total. The highest BCUT2D eigenvalue weighted by molar-refractivity contribution is 5.94. The van der Waals surface area contributed by atoms with E-state index in [9.17, 15) is 4.79 Å². The van der Waals surface area contributed by atoms with Gasteiger partial charge in [0.2, 0.25) is 0 Å². The molecule has 0 fully saturated rings. The van der Waals surface area contributed by atoms with Crippen molar-refractivity contribution in [3.05, 3.63) is 95.8 Å². The highest BCUT2D eigenvalue weighted by Crippen LogP contribution is 2.29. The van der Waals surface area contributed by atoms with Crippen molar-refractivity contribution < 1.29 is 9.53 Å². The molecule has 0 bridgehead atoms. The van der Waals surface area contributed by atoms with Gasteiger partial charge in [-0.25, -0.2) is 0 Å². The first-order valence-corrected chi connectivity index (χ1v) is 8.69. The summed E-state index contributed by atoms with van der Waals surface area (Å²) in [7, 11) is 0. The van der Waals surface area contributed by atoms with Gasteiger partial charge in [-0.05, 0) is 31.2 Å². The Hall–Kier alpha value is -3.14. The number of aromatic nitrogens is 1. The van der Waals surface area contributed by atoms with Gasteiger partial charge in [0.15, 0.2) is 0 Å². The molecular formula is C22H22N2O2. The van der Waals surface area contributed by atoms with Gasteiger partial charge in [0, 0.05) is 18.2 Å². The Kier molecular flexibility index (Phi) is 5.99. The topological polar surface area (TPSA) is 51.2 Å². The summed E-state index contributed by atoms with van der Waals surface area (Å²) in [4.78, 5) is 16.5. The van der Waals surface area contributed by atoms with Crippen LogP contribution in [-0.2, 0) is 0 Å². The largest absolute Gasteiger partial charge is 0.491 e. The van der Waals surface area contributed by atoms with Gasteiger partial charge in [-0.2, -0.15) is 0 Å². The van der Waals surface area contributed by atoms with Crippen LogP contribution in [0, 0.1) is 6.92 Å². The summed E-state index contributed by atoms with van der Waals surface area (Å²) in [5.41, 5.74) is 2.78. The van der Waals surface area contributed by atoms with E-state index in [2.05, 4.69) is 29.4 Å². The zero-order chi connectivity index (χ0) is 18.2. The second-order valence-electron chi connectivity index (χ2n) is 6.07. The maximum absolute atomic E-state index is 12.1. The summed E-state index contributed by atoms with van der Waals surface area (Å²) in [6.07, 6.45) is 2.46. The number of fused-ring (bicyclic) bond motifs is 1. The minimum atomic E-state index is -0.0855. The number of amides is 1. The first kappa shape index (κ1) is 17.7. The van der Waals surface area contributed by atoms with Crippen molar-refractivity contribution in [2.45, 2.75) is 19.4 Å². The van der Waals surface area contributed by atoms with E-state index in [0.717, 1.165) is 17.9 Å². The van der Waals surface area contributed by atoms with Crippen LogP contribution in [0.25, 0.3) is 0 Å². The number of pyridine rings is 1. The van der Waals surface area contributed by atoms with Gasteiger partial charge in [-0.1, -0.05) is 54.1 Å². The lowest BCUT2D eigenvalue weighted by Gasteiger charge is -2.25. The minimum absolute atomic E-state index is 0.0795. The molecule has 0 unspecified atom stereocenters. The monoisotopic (exact) mass is 346 g/mol. The van der Waals surface area contributed by atoms with E-state index in [1.54, 1.807) is 18.3 Å². The van der Waals surface area contributed by atoms with Crippen molar-refractivity contribution >= 4 is 5.91 Å². The molecule has 132 valence electrons. The first-order valence-electron chi connectivity index (χ1n) is 8.69. The van der Waals surface area contributed by atoms with Crippen molar-refractivity contribution in [3.8, 4) is 5.75 Å². The Bertz CT molecular complexity index is 835. The molecule has 0 spiro atoms. The summed E-state index contributed by atoms with van der Waals surface area (Å²) in [6, 6.07) is 23.1. The van der Waals surface area contributed by atoms with Crippen LogP contribution in [0.4, 0.5) is 0 Å². The Morgan fingerprint density at radius 2 is 1.69 bits per heavy atom. The third-order valence-corrected chi connectivity index (χ3v) is 4.08. The van der Waals surface area contributed by atoms with Crippen molar-refractivity contribution in [1.82, 2.24) is 10.3 Å². The second kappa shape index (κ2) is 8.81. The molecule has 1 aromatic heterocycles. The molecule has 1 aliphatic rings. The second-order valence-corrected chi connectivity index (χ2v) is 6.07. The number of ether oxygens (including phenoxy) is 1. The van der Waals surface area contributed by atoms with Crippen molar-refractivity contribution in [1.29, 1.82) is 0 Å². The van der Waals surface area contributed by atoms with E-state index < -0.39 is 0 Å². The maximum Gasteiger partial charge on any atom is 0.251 e. The van der Waals surface area contributed by atoms with Gasteiger partial charge < -0.3 is 10.1 Å². The van der Waals surface area contributed by atoms with Crippen LogP contribution < -0.4 is 10.1 Å². The molecule has 2 aromatic carbocycles. The van der Waals surface area contributed by atoms with Crippen LogP contribution in [0.5, 0.6) is 5.75 Å². The predicted molar refractivity (Wildman–Crippen MR) is 102 cm³/mol. The smallest absolute Gasteiger partial charge is 0.251 e. The Balaban J connectivity index is 0.000000236. The minimum Gasteiger partial charge on any atom is -0.491 e. The van der Waals surface area contributed by atoms with Crippen LogP contribution in [0.1, 0.15) is 34.1 Å². The highest BCUT2D eigenvalue weighted by Gasteiger charge is 2.24. The molecule has 0 saturated carbocycles. The van der Waals surface area contributed by atoms with Crippen LogP contribution in [0.2, 0.25) is 0 Å². The number of nitrogens with zero attached hydrogens (tertiary/aromatic N) is 1.